The molecule has 5 heteroatoms. The number of nitrogens with one attached hydrogen (secondary N) is 1. The second-order valence-corrected chi connectivity index (χ2v) is 5.80. The van der Waals surface area contributed by atoms with E-state index in [-0.39, 0.29) is 0 Å². The van der Waals surface area contributed by atoms with Crippen LogP contribution in [0.15, 0.2) is 12.3 Å². The molecule has 0 bridgehead atoms. The first-order chi connectivity index (χ1) is 9.00. The zero-order chi connectivity index (χ0) is 14.0. The highest BCUT2D eigenvalue weighted by Gasteiger charge is 2.26. The number of pyridine rings is 1. The summed E-state index contributed by atoms with van der Waals surface area (Å²) < 4.78 is 0. The Labute approximate surface area is 120 Å². The van der Waals surface area contributed by atoms with Crippen LogP contribution in [0.25, 0.3) is 0 Å². The summed E-state index contributed by atoms with van der Waals surface area (Å²) in [5, 5.41) is 2.27. The van der Waals surface area contributed by atoms with Crippen molar-refractivity contribution >= 4 is 23.0 Å². The molecule has 0 amide bonds. The van der Waals surface area contributed by atoms with Gasteiger partial charge >= 0.3 is 0 Å². The maximum atomic E-state index is 5.82. The number of rotatable bonds is 3. The largest absolute Gasteiger partial charge is 0.389 e. The molecule has 2 heterocycles. The van der Waals surface area contributed by atoms with Gasteiger partial charge in [0.05, 0.1) is 5.56 Å². The summed E-state index contributed by atoms with van der Waals surface area (Å²) in [7, 11) is 0. The standard InChI is InChI=1S/C14H22N4S/c1-9-7-8-16-14(12(9)13(15)19)17-18-10(2)5-4-6-11(18)3/h7-8,10-11H,4-6H2,1-3H3,(H2,15,19)(H,16,17). The van der Waals surface area contributed by atoms with Gasteiger partial charge < -0.3 is 11.2 Å². The van der Waals surface area contributed by atoms with Crippen LogP contribution in [-0.2, 0) is 0 Å². The molecule has 1 aliphatic rings. The minimum absolute atomic E-state index is 0.394. The van der Waals surface area contributed by atoms with Crippen molar-refractivity contribution in [1.82, 2.24) is 9.99 Å². The summed E-state index contributed by atoms with van der Waals surface area (Å²) >= 11 is 5.14. The molecule has 19 heavy (non-hydrogen) atoms. The number of hydrogen-bond donors (Lipinski definition) is 2. The number of hydrogen-bond acceptors (Lipinski definition) is 4. The second-order valence-electron chi connectivity index (χ2n) is 5.36. The predicted molar refractivity (Wildman–Crippen MR) is 83.1 cm³/mol. The van der Waals surface area contributed by atoms with Gasteiger partial charge in [0.25, 0.3) is 0 Å². The van der Waals surface area contributed by atoms with Gasteiger partial charge in [-0.05, 0) is 45.2 Å². The van der Waals surface area contributed by atoms with Gasteiger partial charge in [-0.3, -0.25) is 0 Å². The highest BCUT2D eigenvalue weighted by molar-refractivity contribution is 7.80. The summed E-state index contributed by atoms with van der Waals surface area (Å²) in [4.78, 5) is 4.80. The maximum Gasteiger partial charge on any atom is 0.150 e. The smallest absolute Gasteiger partial charge is 0.150 e. The van der Waals surface area contributed by atoms with Crippen molar-refractivity contribution in [1.29, 1.82) is 0 Å². The number of aryl methyl sites for hydroxylation is 1. The fourth-order valence-electron chi connectivity index (χ4n) is 2.72. The van der Waals surface area contributed by atoms with Crippen LogP contribution in [0.2, 0.25) is 0 Å². The van der Waals surface area contributed by atoms with Gasteiger partial charge in [-0.15, -0.1) is 0 Å². The van der Waals surface area contributed by atoms with E-state index in [9.17, 15) is 0 Å². The first-order valence-corrected chi connectivity index (χ1v) is 7.22. The summed E-state index contributed by atoms with van der Waals surface area (Å²) in [6.07, 6.45) is 5.47. The minimum atomic E-state index is 0.394. The molecule has 1 aromatic rings. The van der Waals surface area contributed by atoms with Gasteiger partial charge in [0, 0.05) is 18.3 Å². The average Bonchev–Trinajstić information content (AvgIpc) is 2.33. The molecule has 104 valence electrons. The second kappa shape index (κ2) is 5.84. The van der Waals surface area contributed by atoms with E-state index in [1.807, 2.05) is 13.0 Å². The van der Waals surface area contributed by atoms with Crippen LogP contribution in [0, 0.1) is 6.92 Å². The lowest BCUT2D eigenvalue weighted by Crippen LogP contribution is -2.47. The SMILES string of the molecule is Cc1ccnc(NN2C(C)CCCC2C)c1C(N)=S. The molecule has 1 aromatic heterocycles. The monoisotopic (exact) mass is 278 g/mol. The van der Waals surface area contributed by atoms with Crippen molar-refractivity contribution in [3.05, 3.63) is 23.4 Å². The van der Waals surface area contributed by atoms with Crippen LogP contribution in [0.3, 0.4) is 0 Å². The average molecular weight is 278 g/mol. The van der Waals surface area contributed by atoms with Crippen LogP contribution < -0.4 is 11.2 Å². The van der Waals surface area contributed by atoms with Gasteiger partial charge in [0.15, 0.2) is 5.82 Å². The number of piperidine rings is 1. The third-order valence-electron chi connectivity index (χ3n) is 3.83. The number of thiocarbonyl (C=S) groups is 1. The summed E-state index contributed by atoms with van der Waals surface area (Å²) in [5.41, 5.74) is 11.2. The lowest BCUT2D eigenvalue weighted by Gasteiger charge is -2.39. The van der Waals surface area contributed by atoms with Crippen LogP contribution >= 0.6 is 12.2 Å². The third kappa shape index (κ3) is 3.04. The van der Waals surface area contributed by atoms with Gasteiger partial charge in [0.1, 0.15) is 4.99 Å². The van der Waals surface area contributed by atoms with Crippen LogP contribution in [0.4, 0.5) is 5.82 Å². The van der Waals surface area contributed by atoms with E-state index >= 15 is 0 Å². The molecule has 0 radical (unpaired) electrons. The molecule has 2 unspecified atom stereocenters. The summed E-state index contributed by atoms with van der Waals surface area (Å²) in [6, 6.07) is 2.92. The Kier molecular flexibility index (Phi) is 4.37. The molecule has 4 nitrogen and oxygen atoms in total. The van der Waals surface area contributed by atoms with Crippen LogP contribution in [0.5, 0.6) is 0 Å². The highest BCUT2D eigenvalue weighted by Crippen LogP contribution is 2.25. The Morgan fingerprint density at radius 1 is 1.42 bits per heavy atom. The number of hydrazine groups is 1. The zero-order valence-corrected chi connectivity index (χ0v) is 12.6. The molecular formula is C14H22N4S. The van der Waals surface area contributed by atoms with E-state index in [1.165, 1.54) is 19.3 Å². The van der Waals surface area contributed by atoms with Crippen molar-refractivity contribution < 1.29 is 0 Å². The number of nitrogens with zero attached hydrogens (tertiary/aromatic N) is 2. The van der Waals surface area contributed by atoms with E-state index in [4.69, 9.17) is 18.0 Å². The zero-order valence-electron chi connectivity index (χ0n) is 11.8. The third-order valence-corrected chi connectivity index (χ3v) is 4.04. The molecule has 1 saturated heterocycles. The fraction of sp³-hybridized carbons (Fsp3) is 0.571. The number of aromatic nitrogens is 1. The molecule has 1 aliphatic heterocycles. The van der Waals surface area contributed by atoms with E-state index in [0.717, 1.165) is 16.9 Å². The van der Waals surface area contributed by atoms with Crippen molar-refractivity contribution in [2.45, 2.75) is 52.1 Å². The van der Waals surface area contributed by atoms with Crippen molar-refractivity contribution in [3.63, 3.8) is 0 Å². The number of anilines is 1. The maximum absolute atomic E-state index is 5.82. The first-order valence-electron chi connectivity index (χ1n) is 6.81. The topological polar surface area (TPSA) is 54.2 Å². The Hall–Kier alpha value is -1.20. The predicted octanol–water partition coefficient (Wildman–Crippen LogP) is 2.61. The Morgan fingerprint density at radius 2 is 2.05 bits per heavy atom. The Bertz CT molecular complexity index is 465. The first kappa shape index (κ1) is 14.2. The lowest BCUT2D eigenvalue weighted by molar-refractivity contribution is 0.135. The fourth-order valence-corrected chi connectivity index (χ4v) is 2.98. The Balaban J connectivity index is 2.27. The van der Waals surface area contributed by atoms with Crippen LogP contribution in [-0.4, -0.2) is 27.1 Å². The van der Waals surface area contributed by atoms with Crippen molar-refractivity contribution in [2.24, 2.45) is 5.73 Å². The molecule has 0 aliphatic carbocycles. The molecule has 3 N–H and O–H groups in total. The number of nitrogens with two attached hydrogens (primary N) is 1. The van der Waals surface area contributed by atoms with E-state index in [2.05, 4.69) is 29.3 Å². The highest BCUT2D eigenvalue weighted by atomic mass is 32.1. The van der Waals surface area contributed by atoms with Gasteiger partial charge in [-0.2, -0.15) is 0 Å². The van der Waals surface area contributed by atoms with Gasteiger partial charge in [0.2, 0.25) is 0 Å². The van der Waals surface area contributed by atoms with E-state index in [0.29, 0.717) is 17.1 Å². The normalized spacial score (nSPS) is 24.2. The molecule has 2 atom stereocenters. The molecule has 2 rings (SSSR count). The van der Waals surface area contributed by atoms with Crippen LogP contribution in [0.1, 0.15) is 44.2 Å². The van der Waals surface area contributed by atoms with Gasteiger partial charge in [-0.25, -0.2) is 9.99 Å². The molecule has 0 spiro atoms. The Morgan fingerprint density at radius 3 is 2.63 bits per heavy atom. The van der Waals surface area contributed by atoms with E-state index in [1.54, 1.807) is 6.20 Å². The van der Waals surface area contributed by atoms with Crippen molar-refractivity contribution in [2.75, 3.05) is 5.43 Å². The van der Waals surface area contributed by atoms with Gasteiger partial charge in [-0.1, -0.05) is 18.6 Å². The molecule has 0 saturated carbocycles. The molecule has 1 fully saturated rings. The lowest BCUT2D eigenvalue weighted by atomic mass is 10.00. The summed E-state index contributed by atoms with van der Waals surface area (Å²) in [5.74, 6) is 0.771. The molecule has 0 aromatic carbocycles. The van der Waals surface area contributed by atoms with E-state index < -0.39 is 0 Å². The minimum Gasteiger partial charge on any atom is -0.389 e. The molecular weight excluding hydrogens is 256 g/mol. The van der Waals surface area contributed by atoms with Crippen molar-refractivity contribution in [3.8, 4) is 0 Å². The summed E-state index contributed by atoms with van der Waals surface area (Å²) in [6.45, 7) is 6.47. The quantitative estimate of drug-likeness (QED) is 0.832.